The molecule has 5 heteroatoms. The normalized spacial score (nSPS) is 11.8. The quantitative estimate of drug-likeness (QED) is 0.772. The van der Waals surface area contributed by atoms with Crippen molar-refractivity contribution in [2.45, 2.75) is 32.2 Å². The summed E-state index contributed by atoms with van der Waals surface area (Å²) in [5.41, 5.74) is 0.855. The fraction of sp³-hybridized carbons (Fsp3) is 0.417. The van der Waals surface area contributed by atoms with E-state index in [0.29, 0.717) is 12.8 Å². The lowest BCUT2D eigenvalue weighted by Gasteiger charge is -2.11. The molecule has 0 fully saturated rings. The topological polar surface area (TPSA) is 79.3 Å². The lowest BCUT2D eigenvalue weighted by atomic mass is 10.2. The number of hydrogen-bond donors (Lipinski definition) is 2. The Hall–Kier alpha value is -1.91. The summed E-state index contributed by atoms with van der Waals surface area (Å²) < 4.78 is 0. The van der Waals surface area contributed by atoms with E-state index in [1.807, 2.05) is 18.2 Å². The molecule has 1 rings (SSSR count). The van der Waals surface area contributed by atoms with Gasteiger partial charge in [-0.3, -0.25) is 14.6 Å². The maximum absolute atomic E-state index is 11.5. The molecule has 1 heterocycles. The largest absolute Gasteiger partial charge is 0.481 e. The van der Waals surface area contributed by atoms with E-state index in [0.717, 1.165) is 5.69 Å². The molecule has 0 saturated carbocycles. The fourth-order valence-corrected chi connectivity index (χ4v) is 1.45. The summed E-state index contributed by atoms with van der Waals surface area (Å²) >= 11 is 0. The minimum atomic E-state index is -0.914. The molecule has 1 amide bonds. The molecule has 0 radical (unpaired) electrons. The molecule has 1 atom stereocenters. The number of rotatable bonds is 6. The van der Waals surface area contributed by atoms with Gasteiger partial charge in [-0.25, -0.2) is 0 Å². The van der Waals surface area contributed by atoms with Crippen LogP contribution in [0.25, 0.3) is 0 Å². The number of amides is 1. The summed E-state index contributed by atoms with van der Waals surface area (Å²) in [7, 11) is 0. The van der Waals surface area contributed by atoms with E-state index in [2.05, 4.69) is 10.3 Å². The number of carboxylic acid groups (broad SMARTS) is 1. The van der Waals surface area contributed by atoms with Crippen LogP contribution in [-0.2, 0) is 16.0 Å². The fourth-order valence-electron chi connectivity index (χ4n) is 1.45. The molecule has 1 unspecified atom stereocenters. The number of aromatic nitrogens is 1. The van der Waals surface area contributed by atoms with E-state index in [4.69, 9.17) is 5.11 Å². The second-order valence-electron chi connectivity index (χ2n) is 3.89. The van der Waals surface area contributed by atoms with Gasteiger partial charge in [0.15, 0.2) is 0 Å². The number of hydrogen-bond acceptors (Lipinski definition) is 3. The molecular formula is C12H16N2O3. The zero-order chi connectivity index (χ0) is 12.7. The molecule has 0 aliphatic rings. The second kappa shape index (κ2) is 6.62. The van der Waals surface area contributed by atoms with Crippen molar-refractivity contribution in [1.82, 2.24) is 10.3 Å². The molecular weight excluding hydrogens is 220 g/mol. The van der Waals surface area contributed by atoms with E-state index in [9.17, 15) is 9.59 Å². The number of pyridine rings is 1. The van der Waals surface area contributed by atoms with E-state index in [1.54, 1.807) is 13.1 Å². The van der Waals surface area contributed by atoms with Gasteiger partial charge in [-0.2, -0.15) is 0 Å². The first-order valence-corrected chi connectivity index (χ1v) is 5.49. The molecule has 92 valence electrons. The number of carbonyl (C=O) groups excluding carboxylic acids is 1. The Bertz CT molecular complexity index is 379. The molecule has 1 aromatic rings. The predicted octanol–water partition coefficient (Wildman–Crippen LogP) is 0.994. The monoisotopic (exact) mass is 236 g/mol. The van der Waals surface area contributed by atoms with Gasteiger partial charge in [0, 0.05) is 24.4 Å². The zero-order valence-electron chi connectivity index (χ0n) is 9.72. The number of aryl methyl sites for hydroxylation is 1. The molecule has 17 heavy (non-hydrogen) atoms. The van der Waals surface area contributed by atoms with Crippen LogP contribution in [-0.4, -0.2) is 28.0 Å². The third kappa shape index (κ3) is 5.65. The first kappa shape index (κ1) is 13.2. The summed E-state index contributed by atoms with van der Waals surface area (Å²) in [5, 5.41) is 11.2. The van der Waals surface area contributed by atoms with Crippen LogP contribution in [0.1, 0.15) is 25.5 Å². The molecule has 0 bridgehead atoms. The molecule has 5 nitrogen and oxygen atoms in total. The molecule has 0 aliphatic carbocycles. The third-order valence-electron chi connectivity index (χ3n) is 2.22. The average molecular weight is 236 g/mol. The van der Waals surface area contributed by atoms with E-state index in [1.165, 1.54) is 0 Å². The highest BCUT2D eigenvalue weighted by Crippen LogP contribution is 1.99. The van der Waals surface area contributed by atoms with Crippen LogP contribution in [0.3, 0.4) is 0 Å². The van der Waals surface area contributed by atoms with Crippen LogP contribution in [0.4, 0.5) is 0 Å². The van der Waals surface area contributed by atoms with E-state index in [-0.39, 0.29) is 18.4 Å². The van der Waals surface area contributed by atoms with Crippen molar-refractivity contribution >= 4 is 11.9 Å². The van der Waals surface area contributed by atoms with Crippen molar-refractivity contribution in [2.24, 2.45) is 0 Å². The molecule has 0 aromatic carbocycles. The van der Waals surface area contributed by atoms with Gasteiger partial charge in [0.05, 0.1) is 6.42 Å². The Balaban J connectivity index is 2.28. The van der Waals surface area contributed by atoms with Crippen LogP contribution >= 0.6 is 0 Å². The van der Waals surface area contributed by atoms with Gasteiger partial charge in [-0.05, 0) is 25.5 Å². The summed E-state index contributed by atoms with van der Waals surface area (Å²) in [6, 6.07) is 5.20. The smallest absolute Gasteiger partial charge is 0.305 e. The molecule has 0 spiro atoms. The Morgan fingerprint density at radius 2 is 2.24 bits per heavy atom. The summed E-state index contributed by atoms with van der Waals surface area (Å²) in [5.74, 6) is -1.06. The Morgan fingerprint density at radius 1 is 1.47 bits per heavy atom. The van der Waals surface area contributed by atoms with Crippen molar-refractivity contribution < 1.29 is 14.7 Å². The number of aliphatic carboxylic acids is 1. The van der Waals surface area contributed by atoms with Gasteiger partial charge in [0.2, 0.25) is 5.91 Å². The molecule has 0 aliphatic heterocycles. The number of carbonyl (C=O) groups is 2. The molecule has 2 N–H and O–H groups in total. The first-order chi connectivity index (χ1) is 8.08. The van der Waals surface area contributed by atoms with Crippen molar-refractivity contribution in [3.8, 4) is 0 Å². The Labute approximate surface area is 99.9 Å². The summed E-state index contributed by atoms with van der Waals surface area (Å²) in [6.07, 6.45) is 2.50. The van der Waals surface area contributed by atoms with Crippen molar-refractivity contribution in [3.63, 3.8) is 0 Å². The summed E-state index contributed by atoms with van der Waals surface area (Å²) in [4.78, 5) is 26.0. The second-order valence-corrected chi connectivity index (χ2v) is 3.89. The average Bonchev–Trinajstić information content (AvgIpc) is 2.26. The Morgan fingerprint density at radius 3 is 2.82 bits per heavy atom. The number of nitrogens with zero attached hydrogens (tertiary/aromatic N) is 1. The van der Waals surface area contributed by atoms with Gasteiger partial charge in [0.1, 0.15) is 0 Å². The van der Waals surface area contributed by atoms with Crippen molar-refractivity contribution in [3.05, 3.63) is 30.1 Å². The molecule has 1 aromatic heterocycles. The minimum Gasteiger partial charge on any atom is -0.481 e. The van der Waals surface area contributed by atoms with Gasteiger partial charge in [-0.15, -0.1) is 0 Å². The standard InChI is InChI=1S/C12H16N2O3/c1-9(8-12(16)17)14-11(15)6-5-10-4-2-3-7-13-10/h2-4,7,9H,5-6,8H2,1H3,(H,14,15)(H,16,17). The highest BCUT2D eigenvalue weighted by molar-refractivity contribution is 5.77. The highest BCUT2D eigenvalue weighted by atomic mass is 16.4. The number of nitrogens with one attached hydrogen (secondary N) is 1. The Kier molecular flexibility index (Phi) is 5.13. The molecule has 0 saturated heterocycles. The van der Waals surface area contributed by atoms with E-state index >= 15 is 0 Å². The van der Waals surface area contributed by atoms with Crippen molar-refractivity contribution in [1.29, 1.82) is 0 Å². The predicted molar refractivity (Wildman–Crippen MR) is 62.4 cm³/mol. The first-order valence-electron chi connectivity index (χ1n) is 5.49. The summed E-state index contributed by atoms with van der Waals surface area (Å²) in [6.45, 7) is 1.67. The van der Waals surface area contributed by atoms with Crippen molar-refractivity contribution in [2.75, 3.05) is 0 Å². The SMILES string of the molecule is CC(CC(=O)O)NC(=O)CCc1ccccn1. The van der Waals surface area contributed by atoms with Crippen LogP contribution in [0, 0.1) is 0 Å². The minimum absolute atomic E-state index is 0.0602. The lowest BCUT2D eigenvalue weighted by Crippen LogP contribution is -2.34. The van der Waals surface area contributed by atoms with Gasteiger partial charge < -0.3 is 10.4 Å². The van der Waals surface area contributed by atoms with Gasteiger partial charge >= 0.3 is 5.97 Å². The maximum atomic E-state index is 11.5. The number of carboxylic acids is 1. The van der Waals surface area contributed by atoms with Gasteiger partial charge in [-0.1, -0.05) is 6.07 Å². The van der Waals surface area contributed by atoms with Crippen LogP contribution in [0.15, 0.2) is 24.4 Å². The lowest BCUT2D eigenvalue weighted by molar-refractivity contribution is -0.137. The van der Waals surface area contributed by atoms with Crippen LogP contribution in [0.5, 0.6) is 0 Å². The maximum Gasteiger partial charge on any atom is 0.305 e. The van der Waals surface area contributed by atoms with Gasteiger partial charge in [0.25, 0.3) is 0 Å². The van der Waals surface area contributed by atoms with Crippen LogP contribution in [0.2, 0.25) is 0 Å². The van der Waals surface area contributed by atoms with Crippen LogP contribution < -0.4 is 5.32 Å². The highest BCUT2D eigenvalue weighted by Gasteiger charge is 2.10. The third-order valence-corrected chi connectivity index (χ3v) is 2.22. The van der Waals surface area contributed by atoms with E-state index < -0.39 is 5.97 Å². The zero-order valence-corrected chi connectivity index (χ0v) is 9.72.